The van der Waals surface area contributed by atoms with Crippen molar-refractivity contribution in [3.8, 4) is 16.9 Å². The third kappa shape index (κ3) is 2.05. The second-order valence-corrected chi connectivity index (χ2v) is 5.13. The molecule has 4 nitrogen and oxygen atoms in total. The van der Waals surface area contributed by atoms with Crippen molar-refractivity contribution < 1.29 is 0 Å². The van der Waals surface area contributed by atoms with Crippen molar-refractivity contribution in [3.05, 3.63) is 72.6 Å². The van der Waals surface area contributed by atoms with E-state index in [0.717, 1.165) is 33.8 Å². The Bertz CT molecular complexity index is 927. The lowest BCUT2D eigenvalue weighted by Crippen LogP contribution is -1.98. The monoisotopic (exact) mass is 286 g/mol. The highest BCUT2D eigenvalue weighted by Gasteiger charge is 2.13. The highest BCUT2D eigenvalue weighted by atomic mass is 15.3. The summed E-state index contributed by atoms with van der Waals surface area (Å²) in [6.07, 6.45) is 1.81. The zero-order valence-electron chi connectivity index (χ0n) is 12.1. The fourth-order valence-electron chi connectivity index (χ4n) is 2.52. The molecule has 0 saturated carbocycles. The standard InChI is InChI=1S/C18H14N4/c1-13-17-18(22(21-13)15-10-6-3-7-11-15)20-16(12-19-17)14-8-4-2-5-9-14/h2-12H,1H3. The first-order valence-electron chi connectivity index (χ1n) is 7.16. The van der Waals surface area contributed by atoms with E-state index < -0.39 is 0 Å². The van der Waals surface area contributed by atoms with Crippen LogP contribution in [-0.4, -0.2) is 19.7 Å². The number of nitrogens with zero attached hydrogens (tertiary/aromatic N) is 4. The largest absolute Gasteiger partial charge is 0.249 e. The van der Waals surface area contributed by atoms with Gasteiger partial charge in [-0.2, -0.15) is 5.10 Å². The summed E-state index contributed by atoms with van der Waals surface area (Å²) in [5.41, 5.74) is 5.39. The van der Waals surface area contributed by atoms with Crippen LogP contribution in [0.3, 0.4) is 0 Å². The van der Waals surface area contributed by atoms with E-state index in [2.05, 4.69) is 10.1 Å². The van der Waals surface area contributed by atoms with Gasteiger partial charge in [0.2, 0.25) is 0 Å². The van der Waals surface area contributed by atoms with Gasteiger partial charge in [-0.1, -0.05) is 48.5 Å². The molecular weight excluding hydrogens is 272 g/mol. The number of aryl methyl sites for hydroxylation is 1. The van der Waals surface area contributed by atoms with Crippen LogP contribution >= 0.6 is 0 Å². The molecule has 0 atom stereocenters. The fraction of sp³-hybridized carbons (Fsp3) is 0.0556. The summed E-state index contributed by atoms with van der Waals surface area (Å²) in [6, 6.07) is 20.1. The summed E-state index contributed by atoms with van der Waals surface area (Å²) >= 11 is 0. The van der Waals surface area contributed by atoms with Crippen molar-refractivity contribution in [2.75, 3.05) is 0 Å². The molecule has 0 bridgehead atoms. The van der Waals surface area contributed by atoms with Gasteiger partial charge in [-0.15, -0.1) is 0 Å². The molecule has 0 radical (unpaired) electrons. The first kappa shape index (κ1) is 12.7. The molecule has 0 N–H and O–H groups in total. The average molecular weight is 286 g/mol. The second kappa shape index (κ2) is 5.07. The lowest BCUT2D eigenvalue weighted by atomic mass is 10.2. The highest BCUT2D eigenvalue weighted by molar-refractivity contribution is 5.77. The van der Waals surface area contributed by atoms with Gasteiger partial charge in [0.15, 0.2) is 5.65 Å². The van der Waals surface area contributed by atoms with Gasteiger partial charge in [-0.25, -0.2) is 14.6 Å². The van der Waals surface area contributed by atoms with E-state index in [1.54, 1.807) is 0 Å². The Morgan fingerprint density at radius 2 is 1.55 bits per heavy atom. The minimum absolute atomic E-state index is 0.782. The predicted molar refractivity (Wildman–Crippen MR) is 86.8 cm³/mol. The minimum Gasteiger partial charge on any atom is -0.249 e. The summed E-state index contributed by atoms with van der Waals surface area (Å²) in [7, 11) is 0. The maximum Gasteiger partial charge on any atom is 0.182 e. The van der Waals surface area contributed by atoms with E-state index in [4.69, 9.17) is 4.98 Å². The molecule has 2 aromatic carbocycles. The third-order valence-corrected chi connectivity index (χ3v) is 3.62. The molecule has 0 unspecified atom stereocenters. The first-order chi connectivity index (χ1) is 10.8. The molecule has 0 aliphatic carbocycles. The van der Waals surface area contributed by atoms with E-state index in [1.807, 2.05) is 78.5 Å². The van der Waals surface area contributed by atoms with Crippen LogP contribution in [0.1, 0.15) is 5.69 Å². The number of rotatable bonds is 2. The zero-order valence-corrected chi connectivity index (χ0v) is 12.1. The Hall–Kier alpha value is -3.01. The number of para-hydroxylation sites is 1. The summed E-state index contributed by atoms with van der Waals surface area (Å²) in [5, 5.41) is 4.59. The number of hydrogen-bond acceptors (Lipinski definition) is 3. The molecule has 2 heterocycles. The maximum atomic E-state index is 4.78. The number of benzene rings is 2. The van der Waals surface area contributed by atoms with Crippen molar-refractivity contribution in [2.45, 2.75) is 6.92 Å². The molecule has 22 heavy (non-hydrogen) atoms. The lowest BCUT2D eigenvalue weighted by molar-refractivity contribution is 0.878. The van der Waals surface area contributed by atoms with E-state index >= 15 is 0 Å². The van der Waals surface area contributed by atoms with E-state index in [0.29, 0.717) is 0 Å². The Balaban J connectivity index is 1.96. The molecule has 0 aliphatic heterocycles. The van der Waals surface area contributed by atoms with Crippen molar-refractivity contribution in [1.29, 1.82) is 0 Å². The molecule has 0 amide bonds. The Kier molecular flexibility index (Phi) is 2.93. The molecule has 106 valence electrons. The van der Waals surface area contributed by atoms with Crippen LogP contribution in [0.2, 0.25) is 0 Å². The van der Waals surface area contributed by atoms with Crippen molar-refractivity contribution in [3.63, 3.8) is 0 Å². The van der Waals surface area contributed by atoms with Crippen molar-refractivity contribution in [1.82, 2.24) is 19.7 Å². The second-order valence-electron chi connectivity index (χ2n) is 5.13. The number of aromatic nitrogens is 4. The Morgan fingerprint density at radius 1 is 0.864 bits per heavy atom. The van der Waals surface area contributed by atoms with Crippen LogP contribution in [0, 0.1) is 6.92 Å². The normalized spacial score (nSPS) is 11.0. The van der Waals surface area contributed by atoms with Crippen LogP contribution in [-0.2, 0) is 0 Å². The quantitative estimate of drug-likeness (QED) is 0.563. The van der Waals surface area contributed by atoms with Gasteiger partial charge in [-0.3, -0.25) is 0 Å². The van der Waals surface area contributed by atoms with Crippen LogP contribution in [0.4, 0.5) is 0 Å². The summed E-state index contributed by atoms with van der Waals surface area (Å²) in [5.74, 6) is 0. The lowest BCUT2D eigenvalue weighted by Gasteiger charge is -2.04. The average Bonchev–Trinajstić information content (AvgIpc) is 2.93. The van der Waals surface area contributed by atoms with Gasteiger partial charge >= 0.3 is 0 Å². The van der Waals surface area contributed by atoms with Gasteiger partial charge in [0.25, 0.3) is 0 Å². The first-order valence-corrected chi connectivity index (χ1v) is 7.16. The SMILES string of the molecule is Cc1nn(-c2ccccc2)c2nc(-c3ccccc3)cnc12. The van der Waals surface area contributed by atoms with Crippen LogP contribution in [0.25, 0.3) is 28.1 Å². The van der Waals surface area contributed by atoms with Crippen LogP contribution < -0.4 is 0 Å². The minimum atomic E-state index is 0.782. The number of fused-ring (bicyclic) bond motifs is 1. The summed E-state index contributed by atoms with van der Waals surface area (Å²) in [4.78, 5) is 9.34. The molecular formula is C18H14N4. The van der Waals surface area contributed by atoms with Gasteiger partial charge in [0.1, 0.15) is 5.52 Å². The van der Waals surface area contributed by atoms with Crippen LogP contribution in [0.15, 0.2) is 66.9 Å². The van der Waals surface area contributed by atoms with E-state index in [1.165, 1.54) is 0 Å². The molecule has 0 aliphatic rings. The van der Waals surface area contributed by atoms with Crippen molar-refractivity contribution in [2.24, 2.45) is 0 Å². The van der Waals surface area contributed by atoms with Gasteiger partial charge < -0.3 is 0 Å². The van der Waals surface area contributed by atoms with Gasteiger partial charge in [-0.05, 0) is 19.1 Å². The molecule has 4 rings (SSSR count). The molecule has 0 fully saturated rings. The zero-order chi connectivity index (χ0) is 14.9. The van der Waals surface area contributed by atoms with Gasteiger partial charge in [0.05, 0.1) is 23.3 Å². The molecule has 4 heteroatoms. The third-order valence-electron chi connectivity index (χ3n) is 3.62. The van der Waals surface area contributed by atoms with E-state index in [9.17, 15) is 0 Å². The molecule has 0 spiro atoms. The van der Waals surface area contributed by atoms with Crippen LogP contribution in [0.5, 0.6) is 0 Å². The maximum absolute atomic E-state index is 4.78. The Labute approximate surface area is 128 Å². The van der Waals surface area contributed by atoms with Gasteiger partial charge in [0, 0.05) is 5.56 Å². The van der Waals surface area contributed by atoms with E-state index in [-0.39, 0.29) is 0 Å². The molecule has 0 saturated heterocycles. The molecule has 4 aromatic rings. The highest BCUT2D eigenvalue weighted by Crippen LogP contribution is 2.22. The predicted octanol–water partition coefficient (Wildman–Crippen LogP) is 3.79. The smallest absolute Gasteiger partial charge is 0.182 e. The molecule has 2 aromatic heterocycles. The Morgan fingerprint density at radius 3 is 2.27 bits per heavy atom. The topological polar surface area (TPSA) is 43.6 Å². The fourth-order valence-corrected chi connectivity index (χ4v) is 2.52. The number of hydrogen-bond donors (Lipinski definition) is 0. The summed E-state index contributed by atoms with van der Waals surface area (Å²) in [6.45, 7) is 1.96. The van der Waals surface area contributed by atoms with Crippen molar-refractivity contribution >= 4 is 11.2 Å². The summed E-state index contributed by atoms with van der Waals surface area (Å²) < 4.78 is 1.85.